The number of anilines is 1. The number of hydrogen-bond donors (Lipinski definition) is 2. The summed E-state index contributed by atoms with van der Waals surface area (Å²) in [6.07, 6.45) is 6.07. The van der Waals surface area contributed by atoms with E-state index < -0.39 is 10.0 Å². The van der Waals surface area contributed by atoms with E-state index in [-0.39, 0.29) is 15.9 Å². The number of piperidine rings is 2. The maximum Gasteiger partial charge on any atom is 0.271 e. The lowest BCUT2D eigenvalue weighted by Crippen LogP contribution is -2.51. The SMILES string of the molecule is Cc1sc(NS(=O)(=O)c2ccccc2)nc1C(=O)NC[C@H]1CCCN2CCCC[C@@H]12. The third-order valence-electron chi connectivity index (χ3n) is 6.04. The molecule has 0 aliphatic carbocycles. The van der Waals surface area contributed by atoms with Crippen LogP contribution in [0.3, 0.4) is 0 Å². The third kappa shape index (κ3) is 4.68. The zero-order chi connectivity index (χ0) is 21.1. The van der Waals surface area contributed by atoms with E-state index >= 15 is 0 Å². The van der Waals surface area contributed by atoms with Crippen LogP contribution < -0.4 is 10.0 Å². The molecule has 2 aliphatic rings. The quantitative estimate of drug-likeness (QED) is 0.708. The molecule has 2 saturated heterocycles. The van der Waals surface area contributed by atoms with Crippen LogP contribution in [0.25, 0.3) is 0 Å². The predicted octanol–water partition coefficient (Wildman–Crippen LogP) is 3.25. The van der Waals surface area contributed by atoms with Crippen molar-refractivity contribution in [1.29, 1.82) is 0 Å². The van der Waals surface area contributed by atoms with Crippen LogP contribution in [0.15, 0.2) is 35.2 Å². The molecule has 2 N–H and O–H groups in total. The molecule has 30 heavy (non-hydrogen) atoms. The number of hydrogen-bond acceptors (Lipinski definition) is 6. The lowest BCUT2D eigenvalue weighted by atomic mass is 9.83. The molecule has 0 spiro atoms. The standard InChI is InChI=1S/C21H28N4O3S2/c1-15-19(23-21(29-15)24-30(27,28)17-9-3-2-4-10-17)20(26)22-14-16-8-7-13-25-12-6-5-11-18(16)25/h2-4,9-10,16,18H,5-8,11-14H2,1H3,(H,22,26)(H,23,24)/t16-,18+/m1/s1. The smallest absolute Gasteiger partial charge is 0.271 e. The summed E-state index contributed by atoms with van der Waals surface area (Å²) in [6, 6.07) is 8.70. The largest absolute Gasteiger partial charge is 0.350 e. The maximum atomic E-state index is 12.8. The van der Waals surface area contributed by atoms with Crippen LogP contribution in [0, 0.1) is 12.8 Å². The highest BCUT2D eigenvalue weighted by Crippen LogP contribution is 2.31. The maximum absolute atomic E-state index is 12.8. The van der Waals surface area contributed by atoms with E-state index in [4.69, 9.17) is 0 Å². The molecular weight excluding hydrogens is 420 g/mol. The second-order valence-corrected chi connectivity index (χ2v) is 10.9. The summed E-state index contributed by atoms with van der Waals surface area (Å²) in [4.78, 5) is 20.5. The van der Waals surface area contributed by atoms with Crippen molar-refractivity contribution in [1.82, 2.24) is 15.2 Å². The molecule has 2 fully saturated rings. The number of thiazole rings is 1. The van der Waals surface area contributed by atoms with Crippen LogP contribution in [0.4, 0.5) is 5.13 Å². The minimum absolute atomic E-state index is 0.165. The Morgan fingerprint density at radius 2 is 1.93 bits per heavy atom. The number of fused-ring (bicyclic) bond motifs is 1. The highest BCUT2D eigenvalue weighted by atomic mass is 32.2. The number of aryl methyl sites for hydroxylation is 1. The van der Waals surface area contributed by atoms with Crippen LogP contribution in [-0.2, 0) is 10.0 Å². The number of nitrogens with one attached hydrogen (secondary N) is 2. The van der Waals surface area contributed by atoms with E-state index in [1.165, 1.54) is 62.2 Å². The highest BCUT2D eigenvalue weighted by molar-refractivity contribution is 7.93. The number of benzene rings is 1. The van der Waals surface area contributed by atoms with Crippen molar-refractivity contribution in [2.45, 2.75) is 50.0 Å². The van der Waals surface area contributed by atoms with Crippen molar-refractivity contribution < 1.29 is 13.2 Å². The summed E-state index contributed by atoms with van der Waals surface area (Å²) in [5.74, 6) is 0.236. The second kappa shape index (κ2) is 9.03. The van der Waals surface area contributed by atoms with Gasteiger partial charge in [0.2, 0.25) is 0 Å². The normalized spacial score (nSPS) is 22.3. The summed E-state index contributed by atoms with van der Waals surface area (Å²) >= 11 is 1.17. The van der Waals surface area contributed by atoms with Crippen molar-refractivity contribution in [3.8, 4) is 0 Å². The Balaban J connectivity index is 1.40. The molecule has 1 aromatic heterocycles. The van der Waals surface area contributed by atoms with Gasteiger partial charge in [-0.25, -0.2) is 13.4 Å². The molecule has 0 radical (unpaired) electrons. The number of carbonyl (C=O) groups is 1. The molecule has 0 unspecified atom stereocenters. The molecule has 4 rings (SSSR count). The van der Waals surface area contributed by atoms with Gasteiger partial charge in [0, 0.05) is 17.5 Å². The minimum Gasteiger partial charge on any atom is -0.350 e. The van der Waals surface area contributed by atoms with E-state index in [0.29, 0.717) is 29.1 Å². The van der Waals surface area contributed by atoms with E-state index in [9.17, 15) is 13.2 Å². The average Bonchev–Trinajstić information content (AvgIpc) is 3.12. The van der Waals surface area contributed by atoms with Crippen molar-refractivity contribution >= 4 is 32.4 Å². The number of aromatic nitrogens is 1. The van der Waals surface area contributed by atoms with Gasteiger partial charge in [-0.05, 0) is 63.7 Å². The van der Waals surface area contributed by atoms with Crippen LogP contribution in [0.2, 0.25) is 0 Å². The Morgan fingerprint density at radius 1 is 1.17 bits per heavy atom. The summed E-state index contributed by atoms with van der Waals surface area (Å²) < 4.78 is 27.5. The lowest BCUT2D eigenvalue weighted by Gasteiger charge is -2.44. The van der Waals surface area contributed by atoms with Crippen LogP contribution in [0.1, 0.15) is 47.5 Å². The molecule has 1 amide bonds. The predicted molar refractivity (Wildman–Crippen MR) is 118 cm³/mol. The van der Waals surface area contributed by atoms with Crippen LogP contribution in [0.5, 0.6) is 0 Å². The zero-order valence-electron chi connectivity index (χ0n) is 17.1. The first kappa shape index (κ1) is 21.3. The number of amides is 1. The summed E-state index contributed by atoms with van der Waals surface area (Å²) in [7, 11) is -3.72. The number of rotatable bonds is 6. The number of carbonyl (C=O) groups excluding carboxylic acids is 1. The molecule has 1 aromatic carbocycles. The molecule has 7 nitrogen and oxygen atoms in total. The molecule has 2 aliphatic heterocycles. The minimum atomic E-state index is -3.72. The summed E-state index contributed by atoms with van der Waals surface area (Å²) in [5.41, 5.74) is 0.294. The average molecular weight is 449 g/mol. The first-order valence-corrected chi connectivity index (χ1v) is 12.8. The summed E-state index contributed by atoms with van der Waals surface area (Å²) in [5, 5.41) is 3.26. The van der Waals surface area contributed by atoms with E-state index in [1.54, 1.807) is 25.1 Å². The monoisotopic (exact) mass is 448 g/mol. The summed E-state index contributed by atoms with van der Waals surface area (Å²) in [6.45, 7) is 4.77. The molecule has 3 heterocycles. The van der Waals surface area contributed by atoms with Crippen molar-refractivity contribution in [3.63, 3.8) is 0 Å². The Kier molecular flexibility index (Phi) is 6.40. The first-order valence-electron chi connectivity index (χ1n) is 10.5. The Morgan fingerprint density at radius 3 is 2.73 bits per heavy atom. The molecular formula is C21H28N4O3S2. The fraction of sp³-hybridized carbons (Fsp3) is 0.524. The van der Waals surface area contributed by atoms with Gasteiger partial charge in [0.15, 0.2) is 5.13 Å². The van der Waals surface area contributed by atoms with Gasteiger partial charge in [-0.15, -0.1) is 11.3 Å². The third-order valence-corrected chi connectivity index (χ3v) is 8.41. The van der Waals surface area contributed by atoms with Gasteiger partial charge >= 0.3 is 0 Å². The van der Waals surface area contributed by atoms with Gasteiger partial charge in [-0.1, -0.05) is 24.6 Å². The van der Waals surface area contributed by atoms with Gasteiger partial charge in [0.25, 0.3) is 15.9 Å². The molecule has 9 heteroatoms. The molecule has 2 aromatic rings. The second-order valence-electron chi connectivity index (χ2n) is 8.05. The topological polar surface area (TPSA) is 91.4 Å². The van der Waals surface area contributed by atoms with Gasteiger partial charge in [-0.3, -0.25) is 9.52 Å². The molecule has 0 bridgehead atoms. The number of sulfonamides is 1. The Labute approximate surface area is 181 Å². The van der Waals surface area contributed by atoms with Crippen molar-refractivity contribution in [3.05, 3.63) is 40.9 Å². The Bertz CT molecular complexity index is 989. The van der Waals surface area contributed by atoms with E-state index in [0.717, 1.165) is 6.42 Å². The van der Waals surface area contributed by atoms with Crippen LogP contribution >= 0.6 is 11.3 Å². The van der Waals surface area contributed by atoms with Gasteiger partial charge in [-0.2, -0.15) is 0 Å². The first-order chi connectivity index (χ1) is 14.4. The van der Waals surface area contributed by atoms with Crippen LogP contribution in [-0.4, -0.2) is 49.9 Å². The van der Waals surface area contributed by atoms with Gasteiger partial charge in [0.1, 0.15) is 5.69 Å². The van der Waals surface area contributed by atoms with E-state index in [1.807, 2.05) is 0 Å². The fourth-order valence-electron chi connectivity index (χ4n) is 4.55. The van der Waals surface area contributed by atoms with Crippen molar-refractivity contribution in [2.75, 3.05) is 24.4 Å². The molecule has 0 saturated carbocycles. The van der Waals surface area contributed by atoms with E-state index in [2.05, 4.69) is 19.9 Å². The van der Waals surface area contributed by atoms with Gasteiger partial charge in [0.05, 0.1) is 4.90 Å². The van der Waals surface area contributed by atoms with Crippen molar-refractivity contribution in [2.24, 2.45) is 5.92 Å². The molecule has 2 atom stereocenters. The number of nitrogens with zero attached hydrogens (tertiary/aromatic N) is 2. The lowest BCUT2D eigenvalue weighted by molar-refractivity contribution is 0.0575. The molecule has 162 valence electrons. The fourth-order valence-corrected chi connectivity index (χ4v) is 6.61. The Hall–Kier alpha value is -1.97. The zero-order valence-corrected chi connectivity index (χ0v) is 18.8. The highest BCUT2D eigenvalue weighted by Gasteiger charge is 2.33. The van der Waals surface area contributed by atoms with Gasteiger partial charge < -0.3 is 10.2 Å².